The molecule has 0 radical (unpaired) electrons. The summed E-state index contributed by atoms with van der Waals surface area (Å²) in [6.07, 6.45) is 7.86. The van der Waals surface area contributed by atoms with Gasteiger partial charge in [-0.25, -0.2) is 0 Å². The molecule has 1 aromatic carbocycles. The molecule has 1 amide bonds. The molecule has 1 heterocycles. The molecule has 0 bridgehead atoms. The fourth-order valence-electron chi connectivity index (χ4n) is 3.33. The summed E-state index contributed by atoms with van der Waals surface area (Å²) in [6.45, 7) is 1.38. The van der Waals surface area contributed by atoms with Crippen molar-refractivity contribution in [3.8, 4) is 5.75 Å². The van der Waals surface area contributed by atoms with Gasteiger partial charge in [0.25, 0.3) is 0 Å². The van der Waals surface area contributed by atoms with Gasteiger partial charge < -0.3 is 14.8 Å². The first-order chi connectivity index (χ1) is 10.8. The predicted molar refractivity (Wildman–Crippen MR) is 86.1 cm³/mol. The van der Waals surface area contributed by atoms with Crippen LogP contribution in [0.25, 0.3) is 0 Å². The van der Waals surface area contributed by atoms with E-state index in [0.717, 1.165) is 30.9 Å². The van der Waals surface area contributed by atoms with Crippen molar-refractivity contribution in [1.29, 1.82) is 0 Å². The van der Waals surface area contributed by atoms with Crippen LogP contribution in [0.1, 0.15) is 44.9 Å². The number of ether oxygens (including phenoxy) is 2. The highest BCUT2D eigenvalue weighted by Gasteiger charge is 2.20. The molecule has 2 fully saturated rings. The van der Waals surface area contributed by atoms with E-state index in [1.807, 2.05) is 24.3 Å². The standard InChI is InChI=1S/C18H25NO3/c20-18(12-14-6-1-2-7-14)19-16-9-3-4-10-17(16)22-13-15-8-5-11-21-15/h3-4,9-10,14-15H,1-2,5-8,11-13H2,(H,19,20). The molecule has 0 spiro atoms. The summed E-state index contributed by atoms with van der Waals surface area (Å²) in [6, 6.07) is 7.65. The maximum atomic E-state index is 12.2. The molecule has 1 saturated carbocycles. The lowest BCUT2D eigenvalue weighted by Crippen LogP contribution is -2.19. The molecule has 2 aliphatic rings. The minimum Gasteiger partial charge on any atom is -0.489 e. The van der Waals surface area contributed by atoms with E-state index in [4.69, 9.17) is 9.47 Å². The van der Waals surface area contributed by atoms with Crippen LogP contribution in [0, 0.1) is 5.92 Å². The van der Waals surface area contributed by atoms with Crippen LogP contribution in [-0.2, 0) is 9.53 Å². The van der Waals surface area contributed by atoms with E-state index < -0.39 is 0 Å². The fourth-order valence-corrected chi connectivity index (χ4v) is 3.33. The fraction of sp³-hybridized carbons (Fsp3) is 0.611. The molecule has 1 unspecified atom stereocenters. The summed E-state index contributed by atoms with van der Waals surface area (Å²) in [4.78, 5) is 12.2. The smallest absolute Gasteiger partial charge is 0.224 e. The summed E-state index contributed by atoms with van der Waals surface area (Å²) in [5.41, 5.74) is 0.767. The van der Waals surface area contributed by atoms with Crippen molar-refractivity contribution in [3.05, 3.63) is 24.3 Å². The zero-order valence-electron chi connectivity index (χ0n) is 13.1. The lowest BCUT2D eigenvalue weighted by Gasteiger charge is -2.16. The van der Waals surface area contributed by atoms with Gasteiger partial charge in [-0.15, -0.1) is 0 Å². The Balaban J connectivity index is 1.54. The van der Waals surface area contributed by atoms with Crippen molar-refractivity contribution in [3.63, 3.8) is 0 Å². The summed E-state index contributed by atoms with van der Waals surface area (Å²) in [5.74, 6) is 1.39. The van der Waals surface area contributed by atoms with Crippen molar-refractivity contribution in [2.24, 2.45) is 5.92 Å². The van der Waals surface area contributed by atoms with Crippen LogP contribution in [0.4, 0.5) is 5.69 Å². The number of hydrogen-bond donors (Lipinski definition) is 1. The molecule has 22 heavy (non-hydrogen) atoms. The first-order valence-electron chi connectivity index (χ1n) is 8.44. The van der Waals surface area contributed by atoms with Gasteiger partial charge in [0.05, 0.1) is 11.8 Å². The Bertz CT molecular complexity index is 491. The Morgan fingerprint density at radius 3 is 2.77 bits per heavy atom. The van der Waals surface area contributed by atoms with Gasteiger partial charge in [0, 0.05) is 13.0 Å². The number of amides is 1. The molecule has 1 N–H and O–H groups in total. The summed E-state index contributed by atoms with van der Waals surface area (Å²) < 4.78 is 11.4. The molecule has 120 valence electrons. The number of para-hydroxylation sites is 2. The Morgan fingerprint density at radius 1 is 1.18 bits per heavy atom. The Hall–Kier alpha value is -1.55. The average molecular weight is 303 g/mol. The number of carbonyl (C=O) groups excluding carboxylic acids is 1. The topological polar surface area (TPSA) is 47.6 Å². The minimum absolute atomic E-state index is 0.0973. The van der Waals surface area contributed by atoms with Gasteiger partial charge in [-0.3, -0.25) is 4.79 Å². The van der Waals surface area contributed by atoms with Crippen LogP contribution in [0.5, 0.6) is 5.75 Å². The summed E-state index contributed by atoms with van der Waals surface area (Å²) in [7, 11) is 0. The lowest BCUT2D eigenvalue weighted by atomic mass is 10.0. The molecule has 1 aromatic rings. The van der Waals surface area contributed by atoms with Crippen molar-refractivity contribution in [2.45, 2.75) is 51.0 Å². The third kappa shape index (κ3) is 4.23. The number of rotatable bonds is 6. The minimum atomic E-state index is 0.0973. The third-order valence-electron chi connectivity index (χ3n) is 4.56. The second kappa shape index (κ2) is 7.63. The third-order valence-corrected chi connectivity index (χ3v) is 4.56. The van der Waals surface area contributed by atoms with Crippen molar-refractivity contribution < 1.29 is 14.3 Å². The van der Waals surface area contributed by atoms with Crippen LogP contribution in [0.2, 0.25) is 0 Å². The van der Waals surface area contributed by atoms with E-state index in [-0.39, 0.29) is 12.0 Å². The van der Waals surface area contributed by atoms with Gasteiger partial charge >= 0.3 is 0 Å². The van der Waals surface area contributed by atoms with Gasteiger partial charge in [0.1, 0.15) is 12.4 Å². The van der Waals surface area contributed by atoms with Gasteiger partial charge in [0.15, 0.2) is 0 Å². The Labute approximate surface area is 132 Å². The lowest BCUT2D eigenvalue weighted by molar-refractivity contribution is -0.117. The van der Waals surface area contributed by atoms with E-state index >= 15 is 0 Å². The van der Waals surface area contributed by atoms with E-state index in [2.05, 4.69) is 5.32 Å². The van der Waals surface area contributed by atoms with Gasteiger partial charge in [0.2, 0.25) is 5.91 Å². The van der Waals surface area contributed by atoms with Crippen LogP contribution >= 0.6 is 0 Å². The molecule has 1 aliphatic heterocycles. The molecule has 3 rings (SSSR count). The SMILES string of the molecule is O=C(CC1CCCC1)Nc1ccccc1OCC1CCCO1. The first-order valence-corrected chi connectivity index (χ1v) is 8.44. The largest absolute Gasteiger partial charge is 0.489 e. The van der Waals surface area contributed by atoms with Crippen LogP contribution in [0.15, 0.2) is 24.3 Å². The van der Waals surface area contributed by atoms with Gasteiger partial charge in [-0.1, -0.05) is 25.0 Å². The predicted octanol–water partition coefficient (Wildman–Crippen LogP) is 3.76. The molecule has 4 nitrogen and oxygen atoms in total. The normalized spacial score (nSPS) is 21.9. The molecule has 1 atom stereocenters. The molecular weight excluding hydrogens is 278 g/mol. The van der Waals surface area contributed by atoms with Crippen LogP contribution in [0.3, 0.4) is 0 Å². The monoisotopic (exact) mass is 303 g/mol. The molecule has 1 saturated heterocycles. The van der Waals surface area contributed by atoms with E-state index in [1.54, 1.807) is 0 Å². The molecule has 4 heteroatoms. The number of nitrogens with one attached hydrogen (secondary N) is 1. The van der Waals surface area contributed by atoms with Crippen LogP contribution < -0.4 is 10.1 Å². The van der Waals surface area contributed by atoms with E-state index in [9.17, 15) is 4.79 Å². The number of hydrogen-bond acceptors (Lipinski definition) is 3. The van der Waals surface area contributed by atoms with E-state index in [1.165, 1.54) is 25.7 Å². The zero-order valence-corrected chi connectivity index (χ0v) is 13.1. The zero-order chi connectivity index (χ0) is 15.2. The number of benzene rings is 1. The highest BCUT2D eigenvalue weighted by molar-refractivity contribution is 5.92. The number of carbonyl (C=O) groups is 1. The highest BCUT2D eigenvalue weighted by Crippen LogP contribution is 2.29. The average Bonchev–Trinajstić information content (AvgIpc) is 3.19. The Morgan fingerprint density at radius 2 is 2.00 bits per heavy atom. The van der Waals surface area contributed by atoms with Crippen LogP contribution in [-0.4, -0.2) is 25.2 Å². The molecule has 0 aromatic heterocycles. The van der Waals surface area contributed by atoms with E-state index in [0.29, 0.717) is 18.9 Å². The highest BCUT2D eigenvalue weighted by atomic mass is 16.5. The summed E-state index contributed by atoms with van der Waals surface area (Å²) >= 11 is 0. The maximum Gasteiger partial charge on any atom is 0.224 e. The molecular formula is C18H25NO3. The van der Waals surface area contributed by atoms with Gasteiger partial charge in [-0.05, 0) is 43.7 Å². The molecule has 1 aliphatic carbocycles. The number of anilines is 1. The van der Waals surface area contributed by atoms with Crippen molar-refractivity contribution in [1.82, 2.24) is 0 Å². The van der Waals surface area contributed by atoms with Gasteiger partial charge in [-0.2, -0.15) is 0 Å². The summed E-state index contributed by atoms with van der Waals surface area (Å²) in [5, 5.41) is 3.01. The second-order valence-corrected chi connectivity index (χ2v) is 6.34. The Kier molecular flexibility index (Phi) is 5.33. The first kappa shape index (κ1) is 15.3. The quantitative estimate of drug-likeness (QED) is 0.870. The maximum absolute atomic E-state index is 12.2. The van der Waals surface area contributed by atoms with Crippen molar-refractivity contribution >= 4 is 11.6 Å². The van der Waals surface area contributed by atoms with Crippen molar-refractivity contribution in [2.75, 3.05) is 18.5 Å². The second-order valence-electron chi connectivity index (χ2n) is 6.34.